The molecule has 0 saturated carbocycles. The van der Waals surface area contributed by atoms with Crippen LogP contribution in [0.2, 0.25) is 0 Å². The monoisotopic (exact) mass is 640 g/mol. The molecule has 0 fully saturated rings. The minimum Gasteiger partial charge on any atom is -0.508 e. The van der Waals surface area contributed by atoms with E-state index in [1.165, 1.54) is 0 Å². The van der Waals surface area contributed by atoms with Crippen LogP contribution in [0.15, 0.2) is 113 Å². The summed E-state index contributed by atoms with van der Waals surface area (Å²) in [7, 11) is 1.85. The second-order valence-electron chi connectivity index (χ2n) is 11.8. The van der Waals surface area contributed by atoms with Gasteiger partial charge in [0.15, 0.2) is 11.9 Å². The smallest absolute Gasteiger partial charge is 0.262 e. The van der Waals surface area contributed by atoms with E-state index in [1.54, 1.807) is 74.5 Å². The Hall–Kier alpha value is -6.10. The molecule has 0 aliphatic heterocycles. The van der Waals surface area contributed by atoms with E-state index in [4.69, 9.17) is 9.97 Å². The molecule has 0 amide bonds. The van der Waals surface area contributed by atoms with E-state index >= 15 is 0 Å². The Morgan fingerprint density at radius 3 is 1.71 bits per heavy atom. The Labute approximate surface area is 275 Å². The second-order valence-corrected chi connectivity index (χ2v) is 11.8. The fourth-order valence-electron chi connectivity index (χ4n) is 6.07. The van der Waals surface area contributed by atoms with E-state index in [0.717, 1.165) is 36.1 Å². The molecule has 0 aliphatic rings. The van der Waals surface area contributed by atoms with Crippen LogP contribution >= 0.6 is 0 Å². The Bertz CT molecular complexity index is 2380. The molecule has 2 N–H and O–H groups in total. The average molecular weight is 641 g/mol. The summed E-state index contributed by atoms with van der Waals surface area (Å²) < 4.78 is 7.03. The van der Waals surface area contributed by atoms with Gasteiger partial charge in [-0.15, -0.1) is 9.36 Å². The van der Waals surface area contributed by atoms with Crippen molar-refractivity contribution in [1.29, 1.82) is 0 Å². The highest BCUT2D eigenvalue weighted by molar-refractivity contribution is 5.80. The molecule has 0 radical (unpaired) electrons. The maximum atomic E-state index is 13.8. The molecule has 3 heterocycles. The molecule has 0 saturated heterocycles. The van der Waals surface area contributed by atoms with Gasteiger partial charge in [0.05, 0.1) is 33.6 Å². The number of hydrogen-bond donors (Lipinski definition) is 2. The Kier molecular flexibility index (Phi) is 8.24. The van der Waals surface area contributed by atoms with Crippen LogP contribution in [0.1, 0.15) is 25.0 Å². The van der Waals surface area contributed by atoms with Crippen molar-refractivity contribution in [2.24, 2.45) is 7.05 Å². The third kappa shape index (κ3) is 6.05. The van der Waals surface area contributed by atoms with E-state index in [1.807, 2.05) is 54.3 Å². The average Bonchev–Trinajstić information content (AvgIpc) is 3.45. The number of aromatic nitrogens is 7. The summed E-state index contributed by atoms with van der Waals surface area (Å²) in [6, 6.07) is 28.0. The van der Waals surface area contributed by atoms with Gasteiger partial charge in [-0.25, -0.2) is 9.97 Å². The van der Waals surface area contributed by atoms with Crippen molar-refractivity contribution < 1.29 is 14.9 Å². The van der Waals surface area contributed by atoms with Crippen LogP contribution in [-0.4, -0.2) is 39.2 Å². The molecule has 48 heavy (non-hydrogen) atoms. The van der Waals surface area contributed by atoms with E-state index in [-0.39, 0.29) is 29.2 Å². The molecule has 11 nitrogen and oxygen atoms in total. The van der Waals surface area contributed by atoms with Gasteiger partial charge in [-0.2, -0.15) is 0 Å². The van der Waals surface area contributed by atoms with Crippen molar-refractivity contribution in [3.05, 3.63) is 130 Å². The van der Waals surface area contributed by atoms with Crippen molar-refractivity contribution in [3.63, 3.8) is 0 Å². The highest BCUT2D eigenvalue weighted by atomic mass is 16.3. The van der Waals surface area contributed by atoms with Gasteiger partial charge in [0.25, 0.3) is 11.1 Å². The van der Waals surface area contributed by atoms with Crippen LogP contribution in [0.4, 0.5) is 0 Å². The van der Waals surface area contributed by atoms with Gasteiger partial charge < -0.3 is 10.2 Å². The van der Waals surface area contributed by atoms with Crippen LogP contribution in [0, 0.1) is 0 Å². The lowest BCUT2D eigenvalue weighted by Gasteiger charge is -2.14. The molecule has 0 bridgehead atoms. The summed E-state index contributed by atoms with van der Waals surface area (Å²) in [5, 5.41) is 25.4. The molecule has 3 aromatic heterocycles. The van der Waals surface area contributed by atoms with Crippen LogP contribution in [0.25, 0.3) is 44.6 Å². The molecule has 0 aliphatic carbocycles. The van der Waals surface area contributed by atoms with Crippen molar-refractivity contribution in [2.75, 3.05) is 0 Å². The van der Waals surface area contributed by atoms with Gasteiger partial charge in [0.1, 0.15) is 36.7 Å². The van der Waals surface area contributed by atoms with Crippen LogP contribution in [0.3, 0.4) is 0 Å². The number of aromatic hydroxyl groups is 2. The number of benzene rings is 4. The molecule has 7 rings (SSSR count). The predicted octanol–water partition coefficient (Wildman–Crippen LogP) is 4.79. The predicted molar refractivity (Wildman–Crippen MR) is 183 cm³/mol. The minimum atomic E-state index is -0.155. The SMILES string of the molecule is C[n+]1cc(Cn2c(-c3ccc(O)cc3)nc3ccccc3c2=O)n(CCCCCn2c(-c3ccc(O)cc3)nc3ccccc3c2=O)n1. The van der Waals surface area contributed by atoms with Crippen LogP contribution < -0.4 is 15.8 Å². The highest BCUT2D eigenvalue weighted by Crippen LogP contribution is 2.24. The maximum Gasteiger partial charge on any atom is 0.262 e. The third-order valence-corrected chi connectivity index (χ3v) is 8.46. The Morgan fingerprint density at radius 1 is 0.625 bits per heavy atom. The second kappa shape index (κ2) is 13.0. The van der Waals surface area contributed by atoms with Crippen LogP contribution in [-0.2, 0) is 26.7 Å². The van der Waals surface area contributed by atoms with Crippen molar-refractivity contribution in [1.82, 2.24) is 29.0 Å². The first-order valence-corrected chi connectivity index (χ1v) is 15.9. The number of hydrogen-bond acceptors (Lipinski definition) is 7. The maximum absolute atomic E-state index is 13.8. The fraction of sp³-hybridized carbons (Fsp3) is 0.189. The first-order valence-electron chi connectivity index (χ1n) is 15.9. The third-order valence-electron chi connectivity index (χ3n) is 8.46. The normalized spacial score (nSPS) is 11.4. The number of rotatable bonds is 10. The zero-order valence-electron chi connectivity index (χ0n) is 26.4. The van der Waals surface area contributed by atoms with Gasteiger partial charge in [-0.05, 0) is 92.1 Å². The Morgan fingerprint density at radius 2 is 1.12 bits per heavy atom. The fourth-order valence-corrected chi connectivity index (χ4v) is 6.07. The number of aryl methyl sites for hydroxylation is 2. The lowest BCUT2D eigenvalue weighted by molar-refractivity contribution is -0.732. The van der Waals surface area contributed by atoms with E-state index in [0.29, 0.717) is 46.5 Å². The Balaban J connectivity index is 1.11. The molecule has 0 atom stereocenters. The van der Waals surface area contributed by atoms with Gasteiger partial charge in [0.2, 0.25) is 0 Å². The lowest BCUT2D eigenvalue weighted by Crippen LogP contribution is -2.30. The number of para-hydroxylation sites is 2. The first-order chi connectivity index (χ1) is 23.4. The van der Waals surface area contributed by atoms with Gasteiger partial charge in [-0.1, -0.05) is 24.3 Å². The van der Waals surface area contributed by atoms with Gasteiger partial charge in [0, 0.05) is 17.7 Å². The lowest BCUT2D eigenvalue weighted by atomic mass is 10.1. The first kappa shape index (κ1) is 30.5. The largest absolute Gasteiger partial charge is 0.508 e. The summed E-state index contributed by atoms with van der Waals surface area (Å²) in [5.74, 6) is 1.36. The van der Waals surface area contributed by atoms with E-state index in [2.05, 4.69) is 5.21 Å². The topological polar surface area (TPSA) is 132 Å². The quantitative estimate of drug-likeness (QED) is 0.162. The summed E-state index contributed by atoms with van der Waals surface area (Å²) in [6.07, 6.45) is 4.28. The van der Waals surface area contributed by atoms with Gasteiger partial charge >= 0.3 is 0 Å². The zero-order chi connectivity index (χ0) is 33.2. The number of phenols is 2. The molecule has 11 heteroatoms. The van der Waals surface area contributed by atoms with E-state index in [9.17, 15) is 19.8 Å². The standard InChI is InChI=1S/C37H33N7O4/c1-41-23-27(24-43-35(26-15-19-29(46)20-16-26)39-33-12-6-4-10-31(33)37(43)48)44(40-41)22-8-2-7-21-42-34(25-13-17-28(45)18-14-25)38-32-11-5-3-9-30(32)36(42)47/h3-6,9-20,23H,2,7-8,21-22,24H2,1H3,(H-,38,39,45,46,47,48)/p+1. The summed E-state index contributed by atoms with van der Waals surface area (Å²) in [4.78, 5) is 37.0. The molecular formula is C37H34N7O4+. The summed E-state index contributed by atoms with van der Waals surface area (Å²) in [5.41, 5.74) is 3.32. The molecular weight excluding hydrogens is 606 g/mol. The summed E-state index contributed by atoms with van der Waals surface area (Å²) >= 11 is 0. The van der Waals surface area contributed by atoms with Gasteiger partial charge in [-0.3, -0.25) is 18.7 Å². The van der Waals surface area contributed by atoms with Crippen molar-refractivity contribution >= 4 is 21.8 Å². The minimum absolute atomic E-state index is 0.0936. The molecule has 0 unspecified atom stereocenters. The number of phenolic OH excluding ortho intramolecular Hbond substituents is 2. The molecule has 4 aromatic carbocycles. The highest BCUT2D eigenvalue weighted by Gasteiger charge is 2.20. The molecule has 0 spiro atoms. The molecule has 240 valence electrons. The summed E-state index contributed by atoms with van der Waals surface area (Å²) in [6.45, 7) is 1.37. The van der Waals surface area contributed by atoms with Crippen molar-refractivity contribution in [2.45, 2.75) is 38.9 Å². The molecule has 7 aromatic rings. The number of nitrogens with zero attached hydrogens (tertiary/aromatic N) is 7. The van der Waals surface area contributed by atoms with E-state index < -0.39 is 0 Å². The van der Waals surface area contributed by atoms with Crippen LogP contribution in [0.5, 0.6) is 11.5 Å². The zero-order valence-corrected chi connectivity index (χ0v) is 26.4. The number of fused-ring (bicyclic) bond motifs is 2. The van der Waals surface area contributed by atoms with Crippen molar-refractivity contribution in [3.8, 4) is 34.3 Å². The number of unbranched alkanes of at least 4 members (excludes halogenated alkanes) is 2.